The molecule has 1 aliphatic rings. The zero-order valence-corrected chi connectivity index (χ0v) is 10.4. The molecule has 17 heavy (non-hydrogen) atoms. The minimum absolute atomic E-state index is 0.191. The van der Waals surface area contributed by atoms with Crippen LogP contribution in [0.5, 0.6) is 0 Å². The molecule has 3 heteroatoms. The average molecular weight is 231 g/mol. The summed E-state index contributed by atoms with van der Waals surface area (Å²) in [6.45, 7) is 4.26. The van der Waals surface area contributed by atoms with E-state index in [2.05, 4.69) is 6.07 Å². The lowest BCUT2D eigenvalue weighted by molar-refractivity contribution is -0.143. The topological polar surface area (TPSA) is 29.5 Å². The molecule has 90 valence electrons. The van der Waals surface area contributed by atoms with Crippen LogP contribution >= 0.6 is 0 Å². The normalized spacial score (nSPS) is 18.4. The maximum atomic E-state index is 11.9. The van der Waals surface area contributed by atoms with Gasteiger partial charge in [0.05, 0.1) is 6.61 Å². The van der Waals surface area contributed by atoms with Gasteiger partial charge in [0.25, 0.3) is 0 Å². The van der Waals surface area contributed by atoms with Gasteiger partial charge in [-0.3, -0.25) is 0 Å². The van der Waals surface area contributed by atoms with Crippen LogP contribution in [0, 0.1) is 0 Å². The number of para-hydroxylation sites is 1. The Hall–Kier alpha value is -1.77. The van der Waals surface area contributed by atoms with Crippen LogP contribution in [0.2, 0.25) is 0 Å². The Kier molecular flexibility index (Phi) is 3.18. The van der Waals surface area contributed by atoms with E-state index >= 15 is 0 Å². The van der Waals surface area contributed by atoms with Crippen LogP contribution in [-0.4, -0.2) is 25.7 Å². The second-order valence-electron chi connectivity index (χ2n) is 4.17. The number of rotatable bonds is 2. The number of carbonyl (C=O) groups is 1. The quantitative estimate of drug-likeness (QED) is 0.732. The number of fused-ring (bicyclic) bond motifs is 1. The van der Waals surface area contributed by atoms with Crippen molar-refractivity contribution in [2.75, 3.05) is 18.6 Å². The second-order valence-corrected chi connectivity index (χ2v) is 4.17. The summed E-state index contributed by atoms with van der Waals surface area (Å²) in [7, 11) is 1.92. The number of anilines is 1. The van der Waals surface area contributed by atoms with Crippen LogP contribution in [0.25, 0.3) is 5.57 Å². The van der Waals surface area contributed by atoms with Gasteiger partial charge in [0.15, 0.2) is 0 Å². The van der Waals surface area contributed by atoms with Gasteiger partial charge in [-0.1, -0.05) is 18.2 Å². The van der Waals surface area contributed by atoms with Gasteiger partial charge >= 0.3 is 5.97 Å². The third-order valence-corrected chi connectivity index (χ3v) is 3.06. The van der Waals surface area contributed by atoms with Crippen molar-refractivity contribution >= 4 is 17.2 Å². The number of likely N-dealkylation sites (N-methyl/N-ethyl adjacent to an activating group) is 1. The molecule has 0 N–H and O–H groups in total. The van der Waals surface area contributed by atoms with E-state index in [1.807, 2.05) is 50.1 Å². The van der Waals surface area contributed by atoms with Gasteiger partial charge in [0.2, 0.25) is 0 Å². The predicted molar refractivity (Wildman–Crippen MR) is 68.9 cm³/mol. The molecule has 3 nitrogen and oxygen atoms in total. The third-order valence-electron chi connectivity index (χ3n) is 3.06. The Bertz CT molecular complexity index is 465. The van der Waals surface area contributed by atoms with Crippen molar-refractivity contribution in [1.29, 1.82) is 0 Å². The highest BCUT2D eigenvalue weighted by molar-refractivity contribution is 5.91. The third kappa shape index (κ3) is 2.05. The molecule has 1 unspecified atom stereocenters. The van der Waals surface area contributed by atoms with E-state index < -0.39 is 0 Å². The van der Waals surface area contributed by atoms with E-state index in [1.54, 1.807) is 0 Å². The molecule has 0 spiro atoms. The molecule has 0 amide bonds. The van der Waals surface area contributed by atoms with Gasteiger partial charge in [0.1, 0.15) is 6.04 Å². The molecule has 1 heterocycles. The molecule has 1 aliphatic heterocycles. The highest BCUT2D eigenvalue weighted by Gasteiger charge is 2.28. The Morgan fingerprint density at radius 2 is 2.12 bits per heavy atom. The molecule has 0 bridgehead atoms. The summed E-state index contributed by atoms with van der Waals surface area (Å²) in [5.74, 6) is -0.191. The first-order valence-electron chi connectivity index (χ1n) is 5.82. The van der Waals surface area contributed by atoms with E-state index in [9.17, 15) is 4.79 Å². The van der Waals surface area contributed by atoms with Gasteiger partial charge in [0, 0.05) is 18.3 Å². The number of benzene rings is 1. The molecule has 0 aromatic heterocycles. The van der Waals surface area contributed by atoms with Crippen LogP contribution in [0.15, 0.2) is 30.3 Å². The van der Waals surface area contributed by atoms with Crippen LogP contribution in [0.3, 0.4) is 0 Å². The molecular formula is C14H17NO2. The molecule has 0 fully saturated rings. The monoisotopic (exact) mass is 231 g/mol. The minimum Gasteiger partial charge on any atom is -0.464 e. The summed E-state index contributed by atoms with van der Waals surface area (Å²) in [5.41, 5.74) is 3.37. The van der Waals surface area contributed by atoms with Crippen LogP contribution in [0.4, 0.5) is 5.69 Å². The number of nitrogens with zero attached hydrogens (tertiary/aromatic N) is 1. The second kappa shape index (κ2) is 4.62. The average Bonchev–Trinajstić information content (AvgIpc) is 2.34. The molecule has 1 atom stereocenters. The van der Waals surface area contributed by atoms with Crippen molar-refractivity contribution in [3.8, 4) is 0 Å². The van der Waals surface area contributed by atoms with E-state index in [1.165, 1.54) is 5.56 Å². The number of hydrogen-bond donors (Lipinski definition) is 0. The number of esters is 1. The van der Waals surface area contributed by atoms with E-state index in [4.69, 9.17) is 4.74 Å². The SMILES string of the molecule is CCOC(=O)C1C=C(C)c2ccccc2N1C. The summed E-state index contributed by atoms with van der Waals surface area (Å²) in [5, 5.41) is 0. The van der Waals surface area contributed by atoms with Crippen LogP contribution < -0.4 is 4.90 Å². The zero-order chi connectivity index (χ0) is 12.4. The Labute approximate surface area is 102 Å². The van der Waals surface area contributed by atoms with Crippen molar-refractivity contribution in [3.05, 3.63) is 35.9 Å². The van der Waals surface area contributed by atoms with E-state index in [0.717, 1.165) is 11.3 Å². The van der Waals surface area contributed by atoms with Gasteiger partial charge in [-0.2, -0.15) is 0 Å². The van der Waals surface area contributed by atoms with Crippen molar-refractivity contribution in [3.63, 3.8) is 0 Å². The summed E-state index contributed by atoms with van der Waals surface area (Å²) >= 11 is 0. The molecule has 2 rings (SSSR count). The first-order chi connectivity index (χ1) is 8.15. The Morgan fingerprint density at radius 3 is 2.82 bits per heavy atom. The molecule has 1 aromatic carbocycles. The molecule has 0 saturated heterocycles. The van der Waals surface area contributed by atoms with Gasteiger partial charge in [-0.05, 0) is 31.6 Å². The molecule has 0 aliphatic carbocycles. The van der Waals surface area contributed by atoms with Crippen molar-refractivity contribution in [1.82, 2.24) is 0 Å². The summed E-state index contributed by atoms with van der Waals surface area (Å²) < 4.78 is 5.09. The zero-order valence-electron chi connectivity index (χ0n) is 10.4. The largest absolute Gasteiger partial charge is 0.464 e. The van der Waals surface area contributed by atoms with E-state index in [-0.39, 0.29) is 12.0 Å². The fraction of sp³-hybridized carbons (Fsp3) is 0.357. The maximum Gasteiger partial charge on any atom is 0.332 e. The highest BCUT2D eigenvalue weighted by Crippen LogP contribution is 2.32. The van der Waals surface area contributed by atoms with Crippen LogP contribution in [-0.2, 0) is 9.53 Å². The fourth-order valence-electron chi connectivity index (χ4n) is 2.16. The number of allylic oxidation sites excluding steroid dienone is 1. The lowest BCUT2D eigenvalue weighted by Crippen LogP contribution is -2.40. The molecule has 1 aromatic rings. The summed E-state index contributed by atoms with van der Waals surface area (Å²) in [6, 6.07) is 7.77. The fourth-order valence-corrected chi connectivity index (χ4v) is 2.16. The minimum atomic E-state index is -0.315. The maximum absolute atomic E-state index is 11.9. The molecular weight excluding hydrogens is 214 g/mol. The van der Waals surface area contributed by atoms with Gasteiger partial charge < -0.3 is 9.64 Å². The van der Waals surface area contributed by atoms with Crippen molar-refractivity contribution in [2.24, 2.45) is 0 Å². The Balaban J connectivity index is 2.37. The summed E-state index contributed by atoms with van der Waals surface area (Å²) in [4.78, 5) is 13.8. The summed E-state index contributed by atoms with van der Waals surface area (Å²) in [6.07, 6.45) is 1.96. The highest BCUT2D eigenvalue weighted by atomic mass is 16.5. The van der Waals surface area contributed by atoms with Crippen molar-refractivity contribution < 1.29 is 9.53 Å². The number of hydrogen-bond acceptors (Lipinski definition) is 3. The standard InChI is InChI=1S/C14H17NO2/c1-4-17-14(16)13-9-10(2)11-7-5-6-8-12(11)15(13)3/h5-9,13H,4H2,1-3H3. The smallest absolute Gasteiger partial charge is 0.332 e. The molecule has 0 saturated carbocycles. The Morgan fingerprint density at radius 1 is 1.41 bits per heavy atom. The predicted octanol–water partition coefficient (Wildman–Crippen LogP) is 2.47. The van der Waals surface area contributed by atoms with Crippen LogP contribution in [0.1, 0.15) is 19.4 Å². The first-order valence-corrected chi connectivity index (χ1v) is 5.82. The lowest BCUT2D eigenvalue weighted by atomic mass is 9.97. The van der Waals surface area contributed by atoms with Crippen molar-refractivity contribution in [2.45, 2.75) is 19.9 Å². The number of carbonyl (C=O) groups excluding carboxylic acids is 1. The number of ether oxygens (including phenoxy) is 1. The lowest BCUT2D eigenvalue weighted by Gasteiger charge is -2.32. The van der Waals surface area contributed by atoms with Gasteiger partial charge in [-0.15, -0.1) is 0 Å². The van der Waals surface area contributed by atoms with Gasteiger partial charge in [-0.25, -0.2) is 4.79 Å². The van der Waals surface area contributed by atoms with E-state index in [0.29, 0.717) is 6.61 Å². The first kappa shape index (κ1) is 11.7. The molecule has 0 radical (unpaired) electrons.